The number of carbonyl (C=O) groups is 2. The van der Waals surface area contributed by atoms with Crippen molar-refractivity contribution in [2.24, 2.45) is 0 Å². The van der Waals surface area contributed by atoms with E-state index in [9.17, 15) is 14.0 Å². The average molecular weight is 441 g/mol. The third-order valence-corrected chi connectivity index (χ3v) is 4.97. The highest BCUT2D eigenvalue weighted by molar-refractivity contribution is 6.46. The molecule has 0 saturated heterocycles. The summed E-state index contributed by atoms with van der Waals surface area (Å²) in [6.45, 7) is 3.85. The molecule has 1 aliphatic heterocycles. The molecule has 33 heavy (non-hydrogen) atoms. The van der Waals surface area contributed by atoms with Crippen molar-refractivity contribution >= 4 is 28.8 Å². The van der Waals surface area contributed by atoms with Crippen molar-refractivity contribution in [2.75, 3.05) is 10.2 Å². The molecule has 7 heteroatoms. The van der Waals surface area contributed by atoms with Crippen LogP contribution < -0.4 is 15.0 Å². The van der Waals surface area contributed by atoms with Crippen molar-refractivity contribution in [3.05, 3.63) is 95.4 Å². The van der Waals surface area contributed by atoms with E-state index in [-0.39, 0.29) is 17.4 Å². The number of benzene rings is 3. The third-order valence-electron chi connectivity index (χ3n) is 4.97. The number of rotatable bonds is 6. The van der Waals surface area contributed by atoms with E-state index in [1.165, 1.54) is 48.5 Å². The first-order valence-corrected chi connectivity index (χ1v) is 10.3. The number of hydrogen-bond acceptors (Lipinski definition) is 5. The van der Waals surface area contributed by atoms with Gasteiger partial charge in [-0.2, -0.15) is 5.26 Å². The molecule has 0 bridgehead atoms. The molecule has 0 saturated carbocycles. The first-order chi connectivity index (χ1) is 15.9. The zero-order valence-corrected chi connectivity index (χ0v) is 18.0. The maximum atomic E-state index is 13.5. The van der Waals surface area contributed by atoms with Crippen molar-refractivity contribution in [3.63, 3.8) is 0 Å². The predicted molar refractivity (Wildman–Crippen MR) is 123 cm³/mol. The maximum absolute atomic E-state index is 13.5. The van der Waals surface area contributed by atoms with Gasteiger partial charge in [0.05, 0.1) is 29.0 Å². The number of nitriles is 1. The van der Waals surface area contributed by atoms with Crippen LogP contribution in [0, 0.1) is 17.1 Å². The number of anilines is 2. The van der Waals surface area contributed by atoms with E-state index in [1.807, 2.05) is 19.9 Å². The molecule has 164 valence electrons. The fourth-order valence-electron chi connectivity index (χ4n) is 3.48. The fourth-order valence-corrected chi connectivity index (χ4v) is 3.48. The van der Waals surface area contributed by atoms with Crippen LogP contribution in [0.2, 0.25) is 0 Å². The summed E-state index contributed by atoms with van der Waals surface area (Å²) in [5, 5.41) is 12.1. The summed E-state index contributed by atoms with van der Waals surface area (Å²) in [7, 11) is 0. The lowest BCUT2D eigenvalue weighted by molar-refractivity contribution is -0.120. The summed E-state index contributed by atoms with van der Waals surface area (Å²) in [5.41, 5.74) is 1.95. The average Bonchev–Trinajstić information content (AvgIpc) is 3.05. The maximum Gasteiger partial charge on any atom is 0.282 e. The minimum absolute atomic E-state index is 0.0200. The Balaban J connectivity index is 1.73. The molecule has 0 unspecified atom stereocenters. The van der Waals surface area contributed by atoms with E-state index < -0.39 is 17.6 Å². The SMILES string of the molecule is CC(C)Oc1ccc(NC2=C(c3ccc(F)cc3)C(=O)N(c3ccc(C#N)cc3)C2=O)cc1. The lowest BCUT2D eigenvalue weighted by Crippen LogP contribution is -2.32. The van der Waals surface area contributed by atoms with E-state index in [4.69, 9.17) is 10.00 Å². The van der Waals surface area contributed by atoms with Crippen molar-refractivity contribution in [3.8, 4) is 11.8 Å². The second-order valence-corrected chi connectivity index (χ2v) is 7.68. The first-order valence-electron chi connectivity index (χ1n) is 10.3. The van der Waals surface area contributed by atoms with Gasteiger partial charge in [-0.1, -0.05) is 12.1 Å². The predicted octanol–water partition coefficient (Wildman–Crippen LogP) is 4.88. The standard InChI is InChI=1S/C26H20FN3O3/c1-16(2)33-22-13-9-20(10-14-22)29-24-23(18-5-7-19(27)8-6-18)25(31)30(26(24)32)21-11-3-17(15-28)4-12-21/h3-14,16,29H,1-2H3. The van der Waals surface area contributed by atoms with Gasteiger partial charge in [0.25, 0.3) is 11.8 Å². The van der Waals surface area contributed by atoms with Crippen molar-refractivity contribution in [1.29, 1.82) is 5.26 Å². The minimum atomic E-state index is -0.550. The largest absolute Gasteiger partial charge is 0.491 e. The smallest absolute Gasteiger partial charge is 0.282 e. The molecule has 0 fully saturated rings. The summed E-state index contributed by atoms with van der Waals surface area (Å²) in [5.74, 6) is -0.864. The molecule has 1 heterocycles. The van der Waals surface area contributed by atoms with Gasteiger partial charge in [0, 0.05) is 5.69 Å². The van der Waals surface area contributed by atoms with Crippen LogP contribution in [0.1, 0.15) is 25.0 Å². The van der Waals surface area contributed by atoms with Gasteiger partial charge < -0.3 is 10.1 Å². The Morgan fingerprint density at radius 1 is 0.909 bits per heavy atom. The molecule has 0 radical (unpaired) electrons. The highest BCUT2D eigenvalue weighted by Crippen LogP contribution is 2.34. The minimum Gasteiger partial charge on any atom is -0.491 e. The monoisotopic (exact) mass is 441 g/mol. The number of ether oxygens (including phenoxy) is 1. The summed E-state index contributed by atoms with van der Waals surface area (Å²) >= 11 is 0. The molecular formula is C26H20FN3O3. The molecule has 3 aromatic carbocycles. The van der Waals surface area contributed by atoms with E-state index in [0.717, 1.165) is 4.90 Å². The van der Waals surface area contributed by atoms with Gasteiger partial charge in [0.2, 0.25) is 0 Å². The summed E-state index contributed by atoms with van der Waals surface area (Å²) < 4.78 is 19.1. The van der Waals surface area contributed by atoms with Crippen LogP contribution in [0.4, 0.5) is 15.8 Å². The first kappa shape index (κ1) is 21.8. The van der Waals surface area contributed by atoms with Crippen molar-refractivity contribution < 1.29 is 18.7 Å². The van der Waals surface area contributed by atoms with Crippen molar-refractivity contribution in [1.82, 2.24) is 0 Å². The lowest BCUT2D eigenvalue weighted by Gasteiger charge is -2.15. The molecule has 1 aliphatic rings. The second kappa shape index (κ2) is 8.97. The van der Waals surface area contributed by atoms with Crippen molar-refractivity contribution in [2.45, 2.75) is 20.0 Å². The fraction of sp³-hybridized carbons (Fsp3) is 0.115. The van der Waals surface area contributed by atoms with E-state index >= 15 is 0 Å². The Kier molecular flexibility index (Phi) is 5.92. The number of halogens is 1. The number of nitrogens with zero attached hydrogens (tertiary/aromatic N) is 2. The normalized spacial score (nSPS) is 13.5. The zero-order valence-electron chi connectivity index (χ0n) is 18.0. The molecule has 0 aliphatic carbocycles. The second-order valence-electron chi connectivity index (χ2n) is 7.68. The Bertz CT molecular complexity index is 1270. The third kappa shape index (κ3) is 4.46. The Morgan fingerprint density at radius 3 is 2.12 bits per heavy atom. The van der Waals surface area contributed by atoms with Crippen LogP contribution in [-0.4, -0.2) is 17.9 Å². The van der Waals surface area contributed by atoms with Crippen LogP contribution >= 0.6 is 0 Å². The summed E-state index contributed by atoms with van der Waals surface area (Å²) in [4.78, 5) is 27.8. The Labute approximate surface area is 190 Å². The van der Waals surface area contributed by atoms with Gasteiger partial charge >= 0.3 is 0 Å². The number of carbonyl (C=O) groups excluding carboxylic acids is 2. The molecule has 0 aromatic heterocycles. The Morgan fingerprint density at radius 2 is 1.55 bits per heavy atom. The highest BCUT2D eigenvalue weighted by atomic mass is 19.1. The quantitative estimate of drug-likeness (QED) is 0.551. The van der Waals surface area contributed by atoms with Gasteiger partial charge in [0.15, 0.2) is 0 Å². The molecular weight excluding hydrogens is 421 g/mol. The van der Waals surface area contributed by atoms with Gasteiger partial charge in [-0.15, -0.1) is 0 Å². The number of imide groups is 1. The van der Waals surface area contributed by atoms with Gasteiger partial charge in [0.1, 0.15) is 17.3 Å². The van der Waals surface area contributed by atoms with Gasteiger partial charge in [-0.3, -0.25) is 9.59 Å². The summed E-state index contributed by atoms with van der Waals surface area (Å²) in [6, 6.07) is 20.6. The molecule has 0 spiro atoms. The van der Waals surface area contributed by atoms with E-state index in [0.29, 0.717) is 28.3 Å². The van der Waals surface area contributed by atoms with E-state index in [2.05, 4.69) is 5.32 Å². The van der Waals surface area contributed by atoms with Crippen LogP contribution in [-0.2, 0) is 9.59 Å². The lowest BCUT2D eigenvalue weighted by atomic mass is 10.0. The van der Waals surface area contributed by atoms with Crippen LogP contribution in [0.25, 0.3) is 5.57 Å². The Hall–Kier alpha value is -4.44. The number of hydrogen-bond donors (Lipinski definition) is 1. The number of amides is 2. The molecule has 3 aromatic rings. The van der Waals surface area contributed by atoms with Crippen LogP contribution in [0.3, 0.4) is 0 Å². The van der Waals surface area contributed by atoms with Gasteiger partial charge in [-0.25, -0.2) is 9.29 Å². The molecule has 2 amide bonds. The van der Waals surface area contributed by atoms with E-state index in [1.54, 1.807) is 24.3 Å². The van der Waals surface area contributed by atoms with Crippen LogP contribution in [0.5, 0.6) is 5.75 Å². The topological polar surface area (TPSA) is 82.4 Å². The number of nitrogens with one attached hydrogen (secondary N) is 1. The molecule has 1 N–H and O–H groups in total. The summed E-state index contributed by atoms with van der Waals surface area (Å²) in [6.07, 6.45) is 0.0200. The molecule has 0 atom stereocenters. The van der Waals surface area contributed by atoms with Gasteiger partial charge in [-0.05, 0) is 80.1 Å². The van der Waals surface area contributed by atoms with Crippen LogP contribution in [0.15, 0.2) is 78.5 Å². The highest BCUT2D eigenvalue weighted by Gasteiger charge is 2.40. The molecule has 6 nitrogen and oxygen atoms in total. The zero-order chi connectivity index (χ0) is 23.5. The molecule has 4 rings (SSSR count).